The van der Waals surface area contributed by atoms with E-state index in [9.17, 15) is 14.7 Å². The molecule has 1 rings (SSSR count). The van der Waals surface area contributed by atoms with Gasteiger partial charge in [-0.3, -0.25) is 9.59 Å². The Morgan fingerprint density at radius 2 is 2.13 bits per heavy atom. The molecule has 0 aliphatic carbocycles. The SMILES string of the molecule is NC(=O)CNC(=O)c1ccc(Br)c(O)c1. The molecule has 0 spiro atoms. The molecular weight excluding hydrogens is 264 g/mol. The third-order valence-electron chi connectivity index (χ3n) is 1.63. The first-order valence-electron chi connectivity index (χ1n) is 4.05. The number of benzene rings is 1. The van der Waals surface area contributed by atoms with Crippen molar-refractivity contribution >= 4 is 27.7 Å². The molecule has 6 heteroatoms. The third-order valence-corrected chi connectivity index (χ3v) is 2.30. The summed E-state index contributed by atoms with van der Waals surface area (Å²) in [6.45, 7) is -0.227. The summed E-state index contributed by atoms with van der Waals surface area (Å²) in [5.74, 6) is -1.12. The van der Waals surface area contributed by atoms with E-state index in [4.69, 9.17) is 5.73 Å². The Labute approximate surface area is 94.4 Å². The Bertz CT molecular complexity index is 406. The smallest absolute Gasteiger partial charge is 0.251 e. The molecule has 1 aromatic carbocycles. The van der Waals surface area contributed by atoms with E-state index < -0.39 is 11.8 Å². The van der Waals surface area contributed by atoms with E-state index in [1.54, 1.807) is 0 Å². The zero-order valence-electron chi connectivity index (χ0n) is 7.66. The molecule has 0 saturated heterocycles. The second-order valence-corrected chi connectivity index (χ2v) is 3.67. The van der Waals surface area contributed by atoms with Gasteiger partial charge < -0.3 is 16.2 Å². The van der Waals surface area contributed by atoms with Crippen LogP contribution >= 0.6 is 15.9 Å². The predicted octanol–water partition coefficient (Wildman–Crippen LogP) is 0.370. The number of phenols is 1. The molecule has 1 aromatic rings. The number of amides is 2. The Hall–Kier alpha value is -1.56. The van der Waals surface area contributed by atoms with Gasteiger partial charge in [-0.05, 0) is 34.1 Å². The van der Waals surface area contributed by atoms with Gasteiger partial charge in [0.15, 0.2) is 0 Å². The number of hydrogen-bond acceptors (Lipinski definition) is 3. The lowest BCUT2D eigenvalue weighted by molar-refractivity contribution is -0.117. The van der Waals surface area contributed by atoms with Crippen molar-refractivity contribution in [3.8, 4) is 5.75 Å². The summed E-state index contributed by atoms with van der Waals surface area (Å²) in [4.78, 5) is 21.8. The van der Waals surface area contributed by atoms with Crippen LogP contribution in [0.4, 0.5) is 0 Å². The summed E-state index contributed by atoms with van der Waals surface area (Å²) in [5.41, 5.74) is 5.12. The minimum Gasteiger partial charge on any atom is -0.507 e. The lowest BCUT2D eigenvalue weighted by atomic mass is 10.2. The number of carbonyl (C=O) groups excluding carboxylic acids is 2. The van der Waals surface area contributed by atoms with Crippen molar-refractivity contribution in [1.29, 1.82) is 0 Å². The fourth-order valence-electron chi connectivity index (χ4n) is 0.923. The van der Waals surface area contributed by atoms with Gasteiger partial charge in [0, 0.05) is 5.56 Å². The van der Waals surface area contributed by atoms with E-state index in [0.717, 1.165) is 0 Å². The van der Waals surface area contributed by atoms with Crippen LogP contribution in [0.2, 0.25) is 0 Å². The number of nitrogens with one attached hydrogen (secondary N) is 1. The number of hydrogen-bond donors (Lipinski definition) is 3. The molecule has 0 saturated carbocycles. The van der Waals surface area contributed by atoms with Crippen LogP contribution in [0.1, 0.15) is 10.4 Å². The van der Waals surface area contributed by atoms with Gasteiger partial charge >= 0.3 is 0 Å². The summed E-state index contributed by atoms with van der Waals surface area (Å²) < 4.78 is 0.494. The summed E-state index contributed by atoms with van der Waals surface area (Å²) in [6, 6.07) is 4.34. The van der Waals surface area contributed by atoms with Gasteiger partial charge in [-0.25, -0.2) is 0 Å². The van der Waals surface area contributed by atoms with E-state index in [2.05, 4.69) is 21.2 Å². The highest BCUT2D eigenvalue weighted by molar-refractivity contribution is 9.10. The van der Waals surface area contributed by atoms with E-state index in [1.807, 2.05) is 0 Å². The predicted molar refractivity (Wildman–Crippen MR) is 57.3 cm³/mol. The average Bonchev–Trinajstić information content (AvgIpc) is 2.18. The van der Waals surface area contributed by atoms with E-state index in [-0.39, 0.29) is 17.9 Å². The summed E-state index contributed by atoms with van der Waals surface area (Å²) in [5, 5.41) is 11.6. The van der Waals surface area contributed by atoms with Crippen LogP contribution in [0, 0.1) is 0 Å². The maximum Gasteiger partial charge on any atom is 0.251 e. The van der Waals surface area contributed by atoms with Gasteiger partial charge in [0.25, 0.3) is 5.91 Å². The first-order valence-corrected chi connectivity index (χ1v) is 4.85. The number of rotatable bonds is 3. The van der Waals surface area contributed by atoms with Crippen molar-refractivity contribution in [3.63, 3.8) is 0 Å². The van der Waals surface area contributed by atoms with Crippen molar-refractivity contribution in [2.75, 3.05) is 6.54 Å². The third kappa shape index (κ3) is 3.25. The van der Waals surface area contributed by atoms with Crippen molar-refractivity contribution in [2.45, 2.75) is 0 Å². The number of aromatic hydroxyl groups is 1. The normalized spacial score (nSPS) is 9.67. The van der Waals surface area contributed by atoms with Gasteiger partial charge in [0.2, 0.25) is 5.91 Å². The van der Waals surface area contributed by atoms with Crippen LogP contribution < -0.4 is 11.1 Å². The van der Waals surface area contributed by atoms with Crippen molar-refractivity contribution in [2.24, 2.45) is 5.73 Å². The van der Waals surface area contributed by atoms with Gasteiger partial charge in [-0.1, -0.05) is 0 Å². The van der Waals surface area contributed by atoms with Crippen LogP contribution in [0.3, 0.4) is 0 Å². The fraction of sp³-hybridized carbons (Fsp3) is 0.111. The number of nitrogens with two attached hydrogens (primary N) is 1. The molecule has 5 nitrogen and oxygen atoms in total. The molecule has 4 N–H and O–H groups in total. The number of primary amides is 1. The van der Waals surface area contributed by atoms with Crippen molar-refractivity contribution in [1.82, 2.24) is 5.32 Å². The summed E-state index contributed by atoms with van der Waals surface area (Å²) in [6.07, 6.45) is 0. The van der Waals surface area contributed by atoms with Gasteiger partial charge in [-0.15, -0.1) is 0 Å². The topological polar surface area (TPSA) is 92.4 Å². The van der Waals surface area contributed by atoms with E-state index >= 15 is 0 Å². The second kappa shape index (κ2) is 4.79. The Kier molecular flexibility index (Phi) is 3.68. The van der Waals surface area contributed by atoms with Crippen LogP contribution in [-0.2, 0) is 4.79 Å². The fourth-order valence-corrected chi connectivity index (χ4v) is 1.17. The maximum atomic E-state index is 11.4. The number of phenolic OH excluding ortho intramolecular Hbond substituents is 1. The number of carbonyl (C=O) groups is 2. The Balaban J connectivity index is 2.74. The molecule has 0 unspecified atom stereocenters. The highest BCUT2D eigenvalue weighted by atomic mass is 79.9. The van der Waals surface area contributed by atoms with Crippen LogP contribution in [0.15, 0.2) is 22.7 Å². The van der Waals surface area contributed by atoms with E-state index in [1.165, 1.54) is 18.2 Å². The molecule has 0 atom stereocenters. The molecule has 0 aliphatic rings. The Morgan fingerprint density at radius 3 is 2.67 bits per heavy atom. The molecule has 2 amide bonds. The zero-order chi connectivity index (χ0) is 11.4. The quantitative estimate of drug-likeness (QED) is 0.742. The van der Waals surface area contributed by atoms with Crippen molar-refractivity contribution in [3.05, 3.63) is 28.2 Å². The Morgan fingerprint density at radius 1 is 1.47 bits per heavy atom. The summed E-state index contributed by atoms with van der Waals surface area (Å²) >= 11 is 3.08. The van der Waals surface area contributed by atoms with Gasteiger partial charge in [-0.2, -0.15) is 0 Å². The number of halogens is 1. The lowest BCUT2D eigenvalue weighted by Crippen LogP contribution is -2.33. The molecule has 0 fully saturated rings. The van der Waals surface area contributed by atoms with Crippen LogP contribution in [0.5, 0.6) is 5.75 Å². The standard InChI is InChI=1S/C9H9BrN2O3/c10-6-2-1-5(3-7(6)13)9(15)12-4-8(11)14/h1-3,13H,4H2,(H2,11,14)(H,12,15). The minimum atomic E-state index is -0.621. The first kappa shape index (κ1) is 11.5. The monoisotopic (exact) mass is 272 g/mol. The maximum absolute atomic E-state index is 11.4. The molecule has 0 heterocycles. The second-order valence-electron chi connectivity index (χ2n) is 2.82. The van der Waals surface area contributed by atoms with Crippen LogP contribution in [-0.4, -0.2) is 23.5 Å². The molecule has 0 bridgehead atoms. The molecule has 0 aromatic heterocycles. The first-order chi connectivity index (χ1) is 7.00. The van der Waals surface area contributed by atoms with E-state index in [0.29, 0.717) is 4.47 Å². The highest BCUT2D eigenvalue weighted by Gasteiger charge is 2.08. The summed E-state index contributed by atoms with van der Waals surface area (Å²) in [7, 11) is 0. The molecule has 0 radical (unpaired) electrons. The molecule has 80 valence electrons. The average molecular weight is 273 g/mol. The molecular formula is C9H9BrN2O3. The largest absolute Gasteiger partial charge is 0.507 e. The highest BCUT2D eigenvalue weighted by Crippen LogP contribution is 2.24. The lowest BCUT2D eigenvalue weighted by Gasteiger charge is -2.03. The molecule has 0 aliphatic heterocycles. The van der Waals surface area contributed by atoms with Crippen LogP contribution in [0.25, 0.3) is 0 Å². The molecule has 15 heavy (non-hydrogen) atoms. The minimum absolute atomic E-state index is 0.0401. The zero-order valence-corrected chi connectivity index (χ0v) is 9.24. The van der Waals surface area contributed by atoms with Gasteiger partial charge in [0.05, 0.1) is 11.0 Å². The van der Waals surface area contributed by atoms with Crippen molar-refractivity contribution < 1.29 is 14.7 Å². The van der Waals surface area contributed by atoms with Gasteiger partial charge in [0.1, 0.15) is 5.75 Å².